The molecule has 0 saturated carbocycles. The van der Waals surface area contributed by atoms with Crippen LogP contribution in [0.5, 0.6) is 0 Å². The molecule has 1 amide bonds. The molecule has 1 aliphatic rings. The Balaban J connectivity index is 1.85. The Bertz CT molecular complexity index is 433. The maximum Gasteiger partial charge on any atom is 0.254 e. The Kier molecular flexibility index (Phi) is 4.55. The molecule has 3 nitrogen and oxygen atoms in total. The summed E-state index contributed by atoms with van der Waals surface area (Å²) in [5, 5.41) is 6.03. The number of benzene rings is 1. The molecular formula is C13H16ClFN2O. The van der Waals surface area contributed by atoms with Crippen molar-refractivity contribution in [1.82, 2.24) is 10.6 Å². The number of hydrogen-bond donors (Lipinski definition) is 2. The van der Waals surface area contributed by atoms with Crippen LogP contribution in [-0.2, 0) is 0 Å². The van der Waals surface area contributed by atoms with Crippen LogP contribution in [-0.4, -0.2) is 25.0 Å². The minimum absolute atomic E-state index is 0.00174. The van der Waals surface area contributed by atoms with Crippen LogP contribution in [0.2, 0.25) is 5.02 Å². The smallest absolute Gasteiger partial charge is 0.254 e. The molecule has 98 valence electrons. The van der Waals surface area contributed by atoms with Crippen LogP contribution in [0.1, 0.15) is 29.6 Å². The minimum atomic E-state index is -0.657. The summed E-state index contributed by atoms with van der Waals surface area (Å²) in [4.78, 5) is 11.8. The molecule has 1 aromatic carbocycles. The van der Waals surface area contributed by atoms with Crippen molar-refractivity contribution < 1.29 is 9.18 Å². The van der Waals surface area contributed by atoms with Gasteiger partial charge in [0.25, 0.3) is 5.91 Å². The summed E-state index contributed by atoms with van der Waals surface area (Å²) in [6.07, 6.45) is 3.19. The SMILES string of the molecule is O=C(NCC[C@@H]1CCCN1)c1cccc(Cl)c1F. The van der Waals surface area contributed by atoms with E-state index in [1.807, 2.05) is 0 Å². The number of hydrogen-bond acceptors (Lipinski definition) is 2. The Hall–Kier alpha value is -1.13. The van der Waals surface area contributed by atoms with Gasteiger partial charge in [-0.15, -0.1) is 0 Å². The van der Waals surface area contributed by atoms with Crippen LogP contribution in [0.3, 0.4) is 0 Å². The zero-order valence-electron chi connectivity index (χ0n) is 10.0. The zero-order chi connectivity index (χ0) is 13.0. The largest absolute Gasteiger partial charge is 0.352 e. The fourth-order valence-electron chi connectivity index (χ4n) is 2.14. The molecule has 1 heterocycles. The monoisotopic (exact) mass is 270 g/mol. The van der Waals surface area contributed by atoms with Gasteiger partial charge in [-0.3, -0.25) is 4.79 Å². The number of carbonyl (C=O) groups is 1. The van der Waals surface area contributed by atoms with Crippen molar-refractivity contribution in [3.63, 3.8) is 0 Å². The van der Waals surface area contributed by atoms with Gasteiger partial charge in [-0.1, -0.05) is 17.7 Å². The van der Waals surface area contributed by atoms with Crippen molar-refractivity contribution in [1.29, 1.82) is 0 Å². The van der Waals surface area contributed by atoms with Crippen LogP contribution in [0.25, 0.3) is 0 Å². The predicted molar refractivity (Wildman–Crippen MR) is 69.4 cm³/mol. The van der Waals surface area contributed by atoms with Crippen LogP contribution < -0.4 is 10.6 Å². The number of carbonyl (C=O) groups excluding carboxylic acids is 1. The topological polar surface area (TPSA) is 41.1 Å². The Labute approximate surface area is 111 Å². The molecule has 0 bridgehead atoms. The Morgan fingerprint density at radius 2 is 2.39 bits per heavy atom. The standard InChI is InChI=1S/C13H16ClFN2O/c14-11-5-1-4-10(12(11)15)13(18)17-8-6-9-3-2-7-16-9/h1,4-5,9,16H,2-3,6-8H2,(H,17,18)/t9-/m0/s1. The maximum atomic E-state index is 13.6. The van der Waals surface area contributed by atoms with Crippen LogP contribution >= 0.6 is 11.6 Å². The average molecular weight is 271 g/mol. The van der Waals surface area contributed by atoms with Crippen molar-refractivity contribution >= 4 is 17.5 Å². The molecular weight excluding hydrogens is 255 g/mol. The third kappa shape index (κ3) is 3.21. The molecule has 1 atom stereocenters. The summed E-state index contributed by atoms with van der Waals surface area (Å²) in [7, 11) is 0. The van der Waals surface area contributed by atoms with Gasteiger partial charge in [-0.25, -0.2) is 4.39 Å². The van der Waals surface area contributed by atoms with Crippen LogP contribution in [0, 0.1) is 5.82 Å². The first-order chi connectivity index (χ1) is 8.68. The van der Waals surface area contributed by atoms with E-state index in [0.717, 1.165) is 19.4 Å². The molecule has 1 fully saturated rings. The number of rotatable bonds is 4. The van der Waals surface area contributed by atoms with E-state index in [1.54, 1.807) is 6.07 Å². The van der Waals surface area contributed by atoms with Crippen molar-refractivity contribution in [3.8, 4) is 0 Å². The second-order valence-corrected chi connectivity index (χ2v) is 4.85. The molecule has 1 aliphatic heterocycles. The lowest BCUT2D eigenvalue weighted by atomic mass is 10.1. The molecule has 5 heteroatoms. The minimum Gasteiger partial charge on any atom is -0.352 e. The van der Waals surface area contributed by atoms with Gasteiger partial charge in [-0.2, -0.15) is 0 Å². The van der Waals surface area contributed by atoms with Crippen molar-refractivity contribution in [2.45, 2.75) is 25.3 Å². The van der Waals surface area contributed by atoms with E-state index >= 15 is 0 Å². The maximum absolute atomic E-state index is 13.6. The van der Waals surface area contributed by atoms with E-state index in [0.29, 0.717) is 12.6 Å². The van der Waals surface area contributed by atoms with E-state index in [2.05, 4.69) is 10.6 Å². The first-order valence-corrected chi connectivity index (χ1v) is 6.52. The van der Waals surface area contributed by atoms with Gasteiger partial charge in [0.15, 0.2) is 5.82 Å². The van der Waals surface area contributed by atoms with Gasteiger partial charge in [0.05, 0.1) is 10.6 Å². The van der Waals surface area contributed by atoms with Crippen molar-refractivity contribution in [2.75, 3.05) is 13.1 Å². The summed E-state index contributed by atoms with van der Waals surface area (Å²) in [6, 6.07) is 4.90. The van der Waals surface area contributed by atoms with Gasteiger partial charge in [0.2, 0.25) is 0 Å². The molecule has 0 spiro atoms. The summed E-state index contributed by atoms with van der Waals surface area (Å²) in [6.45, 7) is 1.59. The molecule has 18 heavy (non-hydrogen) atoms. The lowest BCUT2D eigenvalue weighted by Crippen LogP contribution is -2.31. The first-order valence-electron chi connectivity index (χ1n) is 6.14. The molecule has 2 N–H and O–H groups in total. The van der Waals surface area contributed by atoms with E-state index in [1.165, 1.54) is 18.6 Å². The van der Waals surface area contributed by atoms with Crippen molar-refractivity contribution in [2.24, 2.45) is 0 Å². The van der Waals surface area contributed by atoms with Gasteiger partial charge >= 0.3 is 0 Å². The zero-order valence-corrected chi connectivity index (χ0v) is 10.8. The van der Waals surface area contributed by atoms with Gasteiger partial charge in [0.1, 0.15) is 0 Å². The lowest BCUT2D eigenvalue weighted by Gasteiger charge is -2.11. The molecule has 0 radical (unpaired) electrons. The van der Waals surface area contributed by atoms with E-state index in [-0.39, 0.29) is 10.6 Å². The third-order valence-electron chi connectivity index (χ3n) is 3.14. The molecule has 0 aromatic heterocycles. The highest BCUT2D eigenvalue weighted by atomic mass is 35.5. The summed E-state index contributed by atoms with van der Waals surface area (Å²) in [5.41, 5.74) is 0.00174. The number of nitrogens with one attached hydrogen (secondary N) is 2. The number of halogens is 2. The predicted octanol–water partition coefficient (Wildman–Crippen LogP) is 2.35. The molecule has 0 unspecified atom stereocenters. The molecule has 1 aromatic rings. The average Bonchev–Trinajstić information content (AvgIpc) is 2.85. The second-order valence-electron chi connectivity index (χ2n) is 4.44. The lowest BCUT2D eigenvalue weighted by molar-refractivity contribution is 0.0948. The highest BCUT2D eigenvalue weighted by Gasteiger charge is 2.16. The quantitative estimate of drug-likeness (QED) is 0.882. The second kappa shape index (κ2) is 6.16. The first kappa shape index (κ1) is 13.3. The van der Waals surface area contributed by atoms with Gasteiger partial charge < -0.3 is 10.6 Å². The van der Waals surface area contributed by atoms with E-state index in [4.69, 9.17) is 11.6 Å². The summed E-state index contributed by atoms with van der Waals surface area (Å²) >= 11 is 5.63. The highest BCUT2D eigenvalue weighted by Crippen LogP contribution is 2.17. The fourth-order valence-corrected chi connectivity index (χ4v) is 2.31. The summed E-state index contributed by atoms with van der Waals surface area (Å²) in [5.74, 6) is -1.07. The molecule has 0 aliphatic carbocycles. The van der Waals surface area contributed by atoms with Crippen LogP contribution in [0.4, 0.5) is 4.39 Å². The van der Waals surface area contributed by atoms with Crippen molar-refractivity contribution in [3.05, 3.63) is 34.6 Å². The third-order valence-corrected chi connectivity index (χ3v) is 3.43. The highest BCUT2D eigenvalue weighted by molar-refractivity contribution is 6.31. The fraction of sp³-hybridized carbons (Fsp3) is 0.462. The Morgan fingerprint density at radius 1 is 1.56 bits per heavy atom. The normalized spacial score (nSPS) is 18.9. The van der Waals surface area contributed by atoms with E-state index in [9.17, 15) is 9.18 Å². The Morgan fingerprint density at radius 3 is 3.11 bits per heavy atom. The van der Waals surface area contributed by atoms with Crippen LogP contribution in [0.15, 0.2) is 18.2 Å². The summed E-state index contributed by atoms with van der Waals surface area (Å²) < 4.78 is 13.6. The molecule has 2 rings (SSSR count). The van der Waals surface area contributed by atoms with E-state index < -0.39 is 11.7 Å². The van der Waals surface area contributed by atoms with Gasteiger partial charge in [0, 0.05) is 12.6 Å². The molecule has 1 saturated heterocycles. The van der Waals surface area contributed by atoms with Gasteiger partial charge in [-0.05, 0) is 37.9 Å². The number of amides is 1.